The van der Waals surface area contributed by atoms with Crippen LogP contribution in [0.25, 0.3) is 11.1 Å². The van der Waals surface area contributed by atoms with Gasteiger partial charge in [0.15, 0.2) is 0 Å². The summed E-state index contributed by atoms with van der Waals surface area (Å²) in [5.74, 6) is 0. The number of hydrogen-bond acceptors (Lipinski definition) is 1. The Hall–Kier alpha value is -1.17. The minimum atomic E-state index is 0.282. The van der Waals surface area contributed by atoms with Crippen molar-refractivity contribution in [3.63, 3.8) is 0 Å². The van der Waals surface area contributed by atoms with E-state index in [1.54, 1.807) is 0 Å². The molecule has 0 radical (unpaired) electrons. The summed E-state index contributed by atoms with van der Waals surface area (Å²) in [6, 6.07) is 20.8. The fraction of sp³-hybridized carbons (Fsp3) is 0.143. The quantitative estimate of drug-likeness (QED) is 0.788. The lowest BCUT2D eigenvalue weighted by Crippen LogP contribution is -1.75. The molecular formula is C14H17OP. The zero-order valence-electron chi connectivity index (χ0n) is 9.21. The van der Waals surface area contributed by atoms with E-state index in [-0.39, 0.29) is 6.61 Å². The molecule has 0 amide bonds. The Kier molecular flexibility index (Phi) is 6.48. The highest BCUT2D eigenvalue weighted by atomic mass is 31.0. The molecule has 0 aliphatic rings. The monoisotopic (exact) mass is 232 g/mol. The van der Waals surface area contributed by atoms with Gasteiger partial charge in [-0.3, -0.25) is 0 Å². The van der Waals surface area contributed by atoms with Crippen LogP contribution >= 0.6 is 9.24 Å². The van der Waals surface area contributed by atoms with Crippen LogP contribution in [-0.4, -0.2) is 17.9 Å². The fourth-order valence-corrected chi connectivity index (χ4v) is 1.26. The van der Waals surface area contributed by atoms with E-state index < -0.39 is 0 Å². The minimum Gasteiger partial charge on any atom is -0.396 e. The average molecular weight is 232 g/mol. The number of rotatable bonds is 2. The topological polar surface area (TPSA) is 20.2 Å². The third-order valence-electron chi connectivity index (χ3n) is 2.01. The summed E-state index contributed by atoms with van der Waals surface area (Å²) in [6.45, 7) is 0.282. The third kappa shape index (κ3) is 4.57. The SMILES string of the molecule is OCCP.c1ccc(-c2ccccc2)cc1. The molecule has 0 aromatic heterocycles. The van der Waals surface area contributed by atoms with E-state index >= 15 is 0 Å². The maximum Gasteiger partial charge on any atom is 0.0465 e. The molecule has 2 aromatic carbocycles. The van der Waals surface area contributed by atoms with E-state index in [4.69, 9.17) is 5.11 Å². The van der Waals surface area contributed by atoms with Crippen molar-refractivity contribution in [1.82, 2.24) is 0 Å². The molecule has 1 N–H and O–H groups in total. The molecule has 0 aliphatic carbocycles. The normalized spacial score (nSPS) is 9.12. The first-order valence-corrected chi connectivity index (χ1v) is 6.11. The molecule has 2 heteroatoms. The predicted octanol–water partition coefficient (Wildman–Crippen LogP) is 3.21. The summed E-state index contributed by atoms with van der Waals surface area (Å²) in [5, 5.41) is 7.85. The number of aliphatic hydroxyl groups excluding tert-OH is 1. The highest BCUT2D eigenvalue weighted by Gasteiger charge is 1.91. The molecule has 2 rings (SSSR count). The Bertz CT molecular complexity index is 333. The Labute approximate surface area is 99.3 Å². The lowest BCUT2D eigenvalue weighted by molar-refractivity contribution is 0.322. The van der Waals surface area contributed by atoms with Gasteiger partial charge in [0, 0.05) is 6.61 Å². The van der Waals surface area contributed by atoms with Crippen molar-refractivity contribution in [2.75, 3.05) is 12.8 Å². The first-order valence-electron chi connectivity index (χ1n) is 5.30. The molecular weight excluding hydrogens is 215 g/mol. The second-order valence-corrected chi connectivity index (χ2v) is 3.82. The molecule has 0 spiro atoms. The van der Waals surface area contributed by atoms with Crippen LogP contribution in [0.4, 0.5) is 0 Å². The van der Waals surface area contributed by atoms with Crippen LogP contribution in [0.1, 0.15) is 0 Å². The first kappa shape index (κ1) is 12.9. The van der Waals surface area contributed by atoms with Crippen molar-refractivity contribution in [2.45, 2.75) is 0 Å². The molecule has 84 valence electrons. The zero-order valence-corrected chi connectivity index (χ0v) is 10.4. The maximum atomic E-state index is 7.85. The summed E-state index contributed by atoms with van der Waals surface area (Å²) < 4.78 is 0. The lowest BCUT2D eigenvalue weighted by atomic mass is 10.1. The van der Waals surface area contributed by atoms with E-state index in [1.165, 1.54) is 11.1 Å². The minimum absolute atomic E-state index is 0.282. The van der Waals surface area contributed by atoms with Crippen molar-refractivity contribution in [3.8, 4) is 11.1 Å². The van der Waals surface area contributed by atoms with Crippen molar-refractivity contribution in [3.05, 3.63) is 60.7 Å². The Morgan fingerprint density at radius 3 is 1.31 bits per heavy atom. The molecule has 0 fully saturated rings. The standard InChI is InChI=1S/C12H10.C2H7OP/c1-3-7-11(8-4-1)12-9-5-2-6-10-12;3-1-2-4/h1-10H;3H,1-2,4H2. The molecule has 0 heterocycles. The van der Waals surface area contributed by atoms with Gasteiger partial charge in [-0.1, -0.05) is 60.7 Å². The van der Waals surface area contributed by atoms with Gasteiger partial charge >= 0.3 is 0 Å². The van der Waals surface area contributed by atoms with Crippen molar-refractivity contribution in [2.24, 2.45) is 0 Å². The molecule has 0 bridgehead atoms. The van der Waals surface area contributed by atoms with Gasteiger partial charge < -0.3 is 5.11 Å². The maximum absolute atomic E-state index is 7.85. The molecule has 16 heavy (non-hydrogen) atoms. The van der Waals surface area contributed by atoms with Crippen LogP contribution in [0, 0.1) is 0 Å². The smallest absolute Gasteiger partial charge is 0.0465 e. The fourth-order valence-electron chi connectivity index (χ4n) is 1.26. The van der Waals surface area contributed by atoms with Gasteiger partial charge in [-0.25, -0.2) is 0 Å². The molecule has 0 saturated carbocycles. The molecule has 0 aliphatic heterocycles. The van der Waals surface area contributed by atoms with E-state index in [2.05, 4.69) is 57.8 Å². The van der Waals surface area contributed by atoms with Gasteiger partial charge in [0.2, 0.25) is 0 Å². The second-order valence-electron chi connectivity index (χ2n) is 3.24. The van der Waals surface area contributed by atoms with Crippen LogP contribution < -0.4 is 0 Å². The molecule has 1 atom stereocenters. The van der Waals surface area contributed by atoms with Crippen molar-refractivity contribution >= 4 is 9.24 Å². The molecule has 0 saturated heterocycles. The highest BCUT2D eigenvalue weighted by molar-refractivity contribution is 7.16. The van der Waals surface area contributed by atoms with Crippen molar-refractivity contribution < 1.29 is 5.11 Å². The summed E-state index contributed by atoms with van der Waals surface area (Å²) in [4.78, 5) is 0. The van der Waals surface area contributed by atoms with E-state index in [0.29, 0.717) is 0 Å². The van der Waals surface area contributed by atoms with Crippen LogP contribution in [0.5, 0.6) is 0 Å². The van der Waals surface area contributed by atoms with Crippen LogP contribution in [0.3, 0.4) is 0 Å². The average Bonchev–Trinajstić information content (AvgIpc) is 2.41. The van der Waals surface area contributed by atoms with E-state index in [1.807, 2.05) is 12.1 Å². The second kappa shape index (κ2) is 8.04. The van der Waals surface area contributed by atoms with Crippen LogP contribution in [0.2, 0.25) is 0 Å². The van der Waals surface area contributed by atoms with Gasteiger partial charge in [0.1, 0.15) is 0 Å². The van der Waals surface area contributed by atoms with Gasteiger partial charge in [-0.2, -0.15) is 0 Å². The molecule has 2 aromatic rings. The summed E-state index contributed by atoms with van der Waals surface area (Å²) in [6.07, 6.45) is 0.792. The Morgan fingerprint density at radius 1 is 0.750 bits per heavy atom. The number of hydrogen-bond donors (Lipinski definition) is 1. The van der Waals surface area contributed by atoms with Crippen LogP contribution in [-0.2, 0) is 0 Å². The Balaban J connectivity index is 0.000000280. The predicted molar refractivity (Wildman–Crippen MR) is 73.5 cm³/mol. The van der Waals surface area contributed by atoms with Gasteiger partial charge in [0.05, 0.1) is 0 Å². The summed E-state index contributed by atoms with van der Waals surface area (Å²) >= 11 is 0. The largest absolute Gasteiger partial charge is 0.396 e. The van der Waals surface area contributed by atoms with Gasteiger partial charge in [0.25, 0.3) is 0 Å². The lowest BCUT2D eigenvalue weighted by Gasteiger charge is -1.98. The Morgan fingerprint density at radius 2 is 1.06 bits per heavy atom. The first-order chi connectivity index (χ1) is 7.88. The third-order valence-corrected chi connectivity index (χ3v) is 2.27. The highest BCUT2D eigenvalue weighted by Crippen LogP contribution is 2.17. The van der Waals surface area contributed by atoms with Crippen molar-refractivity contribution in [1.29, 1.82) is 0 Å². The van der Waals surface area contributed by atoms with Crippen LogP contribution in [0.15, 0.2) is 60.7 Å². The molecule has 1 nitrogen and oxygen atoms in total. The summed E-state index contributed by atoms with van der Waals surface area (Å²) in [5.41, 5.74) is 2.55. The molecule has 1 unspecified atom stereocenters. The van der Waals surface area contributed by atoms with E-state index in [9.17, 15) is 0 Å². The van der Waals surface area contributed by atoms with Gasteiger partial charge in [-0.05, 0) is 17.3 Å². The summed E-state index contributed by atoms with van der Waals surface area (Å²) in [7, 11) is 2.41. The number of benzene rings is 2. The number of aliphatic hydroxyl groups is 1. The van der Waals surface area contributed by atoms with E-state index in [0.717, 1.165) is 6.16 Å². The van der Waals surface area contributed by atoms with Gasteiger partial charge in [-0.15, -0.1) is 9.24 Å². The zero-order chi connectivity index (χ0) is 11.6.